The van der Waals surface area contributed by atoms with Crippen LogP contribution in [-0.4, -0.2) is 66.3 Å². The van der Waals surface area contributed by atoms with E-state index >= 15 is 0 Å². The van der Waals surface area contributed by atoms with Crippen molar-refractivity contribution < 1.29 is 19.2 Å². The number of hydrogen-bond donors (Lipinski definition) is 6. The van der Waals surface area contributed by atoms with Crippen LogP contribution in [0.15, 0.2) is 126 Å². The van der Waals surface area contributed by atoms with E-state index in [0.717, 1.165) is 27.8 Å². The number of amides is 4. The minimum atomic E-state index is -1.05. The van der Waals surface area contributed by atoms with Gasteiger partial charge in [0, 0.05) is 24.9 Å². The summed E-state index contributed by atoms with van der Waals surface area (Å²) in [5, 5.41) is 11.3. The first-order chi connectivity index (χ1) is 25.7. The molecule has 276 valence electrons. The van der Waals surface area contributed by atoms with E-state index in [9.17, 15) is 19.2 Å². The number of hydrogen-bond acceptors (Lipinski definition) is 6. The highest BCUT2D eigenvalue weighted by atomic mass is 32.2. The van der Waals surface area contributed by atoms with Crippen LogP contribution in [0.2, 0.25) is 0 Å². The van der Waals surface area contributed by atoms with Crippen LogP contribution < -0.4 is 32.7 Å². The molecule has 4 amide bonds. The summed E-state index contributed by atoms with van der Waals surface area (Å²) in [4.78, 5) is 58.2. The molecule has 12 heteroatoms. The van der Waals surface area contributed by atoms with Crippen LogP contribution in [0, 0.1) is 0 Å². The van der Waals surface area contributed by atoms with Crippen molar-refractivity contribution in [3.05, 3.63) is 138 Å². The lowest BCUT2D eigenvalue weighted by atomic mass is 10.0. The summed E-state index contributed by atoms with van der Waals surface area (Å²) in [6.45, 7) is 0.230. The Morgan fingerprint density at radius 1 is 0.679 bits per heavy atom. The van der Waals surface area contributed by atoms with E-state index in [1.165, 1.54) is 18.0 Å². The molecular formula is C41H47N7O4S. The van der Waals surface area contributed by atoms with Gasteiger partial charge in [0.25, 0.3) is 0 Å². The molecule has 0 radical (unpaired) electrons. The molecule has 4 aromatic carbocycles. The Hall–Kier alpha value is -5.88. The third kappa shape index (κ3) is 14.0. The highest BCUT2D eigenvalue weighted by molar-refractivity contribution is 7.98. The van der Waals surface area contributed by atoms with Crippen molar-refractivity contribution in [2.75, 3.05) is 18.6 Å². The molecule has 53 heavy (non-hydrogen) atoms. The van der Waals surface area contributed by atoms with E-state index in [1.54, 1.807) is 6.08 Å². The molecule has 8 N–H and O–H groups in total. The van der Waals surface area contributed by atoms with Crippen molar-refractivity contribution in [1.82, 2.24) is 21.3 Å². The number of thioether (sulfide) groups is 1. The number of aliphatic imine (C=N–C) groups is 1. The Morgan fingerprint density at radius 3 is 1.91 bits per heavy atom. The zero-order chi connectivity index (χ0) is 37.8. The van der Waals surface area contributed by atoms with Crippen LogP contribution >= 0.6 is 11.8 Å². The maximum atomic E-state index is 13.9. The van der Waals surface area contributed by atoms with E-state index in [1.807, 2.05) is 122 Å². The van der Waals surface area contributed by atoms with Crippen LogP contribution in [-0.2, 0) is 32.0 Å². The summed E-state index contributed by atoms with van der Waals surface area (Å²) in [5.41, 5.74) is 15.6. The maximum Gasteiger partial charge on any atom is 0.246 e. The van der Waals surface area contributed by atoms with Gasteiger partial charge < -0.3 is 32.7 Å². The Balaban J connectivity index is 1.45. The van der Waals surface area contributed by atoms with Gasteiger partial charge in [-0.3, -0.25) is 24.2 Å². The van der Waals surface area contributed by atoms with Crippen molar-refractivity contribution in [3.63, 3.8) is 0 Å². The number of guanidine groups is 1. The van der Waals surface area contributed by atoms with E-state index in [0.29, 0.717) is 6.42 Å². The smallest absolute Gasteiger partial charge is 0.246 e. The second-order valence-corrected chi connectivity index (χ2v) is 13.2. The van der Waals surface area contributed by atoms with Gasteiger partial charge in [-0.25, -0.2) is 0 Å². The number of carbonyl (C=O) groups excluding carboxylic acids is 4. The van der Waals surface area contributed by atoms with Gasteiger partial charge in [-0.15, -0.1) is 0 Å². The molecule has 4 aromatic rings. The standard InChI is InChI=1S/C41H47N7O4S/c1-53-28-36(46-37(49)27-31-19-21-33(22-20-31)32-16-9-4-10-17-32)40(52)47-34(18-11-24-45-41(42)43)39(51)48-35(26-30-14-7-3-8-15-30)38(50)44-25-23-29-12-5-2-6-13-29/h2-10,12-17,19-23,25,34-36H,11,18,24,26-28H2,1H3,(H,44,50)(H,46,49)(H,47,52)(H,48,51)(H4,42,43,45)/b25-23-/t34?,35-,36?/m0/s1. The van der Waals surface area contributed by atoms with E-state index in [2.05, 4.69) is 26.3 Å². The molecule has 0 saturated carbocycles. The molecule has 0 heterocycles. The molecule has 0 spiro atoms. The van der Waals surface area contributed by atoms with Crippen LogP contribution in [0.25, 0.3) is 17.2 Å². The quantitative estimate of drug-likeness (QED) is 0.0482. The first-order valence-corrected chi connectivity index (χ1v) is 18.8. The van der Waals surface area contributed by atoms with Crippen molar-refractivity contribution in [2.45, 2.75) is 43.8 Å². The normalized spacial score (nSPS) is 12.5. The highest BCUT2D eigenvalue weighted by Gasteiger charge is 2.29. The molecule has 2 unspecified atom stereocenters. The Labute approximate surface area is 315 Å². The number of carbonyl (C=O) groups is 4. The van der Waals surface area contributed by atoms with Crippen molar-refractivity contribution in [3.8, 4) is 11.1 Å². The third-order valence-corrected chi connectivity index (χ3v) is 8.87. The summed E-state index contributed by atoms with van der Waals surface area (Å²) in [6, 6.07) is 33.5. The number of benzene rings is 4. The van der Waals surface area contributed by atoms with Crippen LogP contribution in [0.5, 0.6) is 0 Å². The molecule has 0 aliphatic heterocycles. The largest absolute Gasteiger partial charge is 0.370 e. The fourth-order valence-electron chi connectivity index (χ4n) is 5.49. The molecule has 0 aromatic heterocycles. The lowest BCUT2D eigenvalue weighted by Gasteiger charge is -2.25. The zero-order valence-electron chi connectivity index (χ0n) is 29.7. The molecule has 0 saturated heterocycles. The van der Waals surface area contributed by atoms with Gasteiger partial charge >= 0.3 is 0 Å². The Kier molecular flexibility index (Phi) is 16.2. The van der Waals surface area contributed by atoms with Gasteiger partial charge in [0.15, 0.2) is 5.96 Å². The third-order valence-electron chi connectivity index (χ3n) is 8.21. The van der Waals surface area contributed by atoms with Gasteiger partial charge in [0.05, 0.1) is 6.42 Å². The SMILES string of the molecule is CSCC(NC(=O)Cc1ccc(-c2ccccc2)cc1)C(=O)NC(CCCN=C(N)N)C(=O)N[C@@H](Cc1ccccc1)C(=O)N/C=C\c1ccccc1. The van der Waals surface area contributed by atoms with E-state index < -0.39 is 35.8 Å². The molecule has 0 bridgehead atoms. The first-order valence-electron chi connectivity index (χ1n) is 17.4. The molecule has 0 aliphatic rings. The predicted octanol–water partition coefficient (Wildman–Crippen LogP) is 3.80. The second-order valence-electron chi connectivity index (χ2n) is 12.3. The molecule has 0 aliphatic carbocycles. The van der Waals surface area contributed by atoms with Gasteiger partial charge in [0.2, 0.25) is 23.6 Å². The van der Waals surface area contributed by atoms with Crippen LogP contribution in [0.3, 0.4) is 0 Å². The highest BCUT2D eigenvalue weighted by Crippen LogP contribution is 2.19. The van der Waals surface area contributed by atoms with Crippen molar-refractivity contribution >= 4 is 47.4 Å². The van der Waals surface area contributed by atoms with Gasteiger partial charge in [0.1, 0.15) is 18.1 Å². The van der Waals surface area contributed by atoms with Crippen molar-refractivity contribution in [2.24, 2.45) is 16.5 Å². The predicted molar refractivity (Wildman–Crippen MR) is 213 cm³/mol. The average molecular weight is 734 g/mol. The molecule has 3 atom stereocenters. The molecule has 4 rings (SSSR count). The summed E-state index contributed by atoms with van der Waals surface area (Å²) < 4.78 is 0. The number of nitrogens with two attached hydrogens (primary N) is 2. The van der Waals surface area contributed by atoms with Gasteiger partial charge in [-0.1, -0.05) is 115 Å². The lowest BCUT2D eigenvalue weighted by Crippen LogP contribution is -2.57. The molecular weight excluding hydrogens is 687 g/mol. The van der Waals surface area contributed by atoms with Gasteiger partial charge in [-0.05, 0) is 53.0 Å². The zero-order valence-corrected chi connectivity index (χ0v) is 30.6. The van der Waals surface area contributed by atoms with Crippen LogP contribution in [0.1, 0.15) is 29.5 Å². The number of nitrogens with zero attached hydrogens (tertiary/aromatic N) is 1. The van der Waals surface area contributed by atoms with E-state index in [4.69, 9.17) is 11.5 Å². The minimum Gasteiger partial charge on any atom is -0.370 e. The topological polar surface area (TPSA) is 181 Å². The Morgan fingerprint density at radius 2 is 1.26 bits per heavy atom. The molecule has 0 fully saturated rings. The average Bonchev–Trinajstić information content (AvgIpc) is 3.16. The number of nitrogens with one attached hydrogen (secondary N) is 4. The Bertz CT molecular complexity index is 1820. The fraction of sp³-hybridized carbons (Fsp3) is 0.244. The number of rotatable bonds is 19. The van der Waals surface area contributed by atoms with Crippen molar-refractivity contribution in [1.29, 1.82) is 0 Å². The summed E-state index contributed by atoms with van der Waals surface area (Å²) in [5.74, 6) is -1.65. The lowest BCUT2D eigenvalue weighted by molar-refractivity contribution is -0.133. The van der Waals surface area contributed by atoms with Crippen LogP contribution in [0.4, 0.5) is 0 Å². The summed E-state index contributed by atoms with van der Waals surface area (Å²) >= 11 is 1.39. The summed E-state index contributed by atoms with van der Waals surface area (Å²) in [7, 11) is 0. The van der Waals surface area contributed by atoms with E-state index in [-0.39, 0.29) is 43.4 Å². The summed E-state index contributed by atoms with van der Waals surface area (Å²) in [6.07, 6.45) is 5.94. The molecule has 11 nitrogen and oxygen atoms in total. The minimum absolute atomic E-state index is 0.0741. The maximum absolute atomic E-state index is 13.9. The monoisotopic (exact) mass is 733 g/mol. The fourth-order valence-corrected chi connectivity index (χ4v) is 6.05. The van der Waals surface area contributed by atoms with Gasteiger partial charge in [-0.2, -0.15) is 11.8 Å². The first kappa shape index (κ1) is 39.9. The second kappa shape index (κ2) is 21.5.